The van der Waals surface area contributed by atoms with Gasteiger partial charge >= 0.3 is 11.9 Å². The summed E-state index contributed by atoms with van der Waals surface area (Å²) in [6.07, 6.45) is -0.00481. The van der Waals surface area contributed by atoms with Crippen LogP contribution in [-0.4, -0.2) is 17.9 Å². The van der Waals surface area contributed by atoms with Crippen LogP contribution in [0.4, 0.5) is 8.78 Å². The molecule has 0 saturated heterocycles. The van der Waals surface area contributed by atoms with Crippen LogP contribution in [-0.2, 0) is 14.3 Å². The summed E-state index contributed by atoms with van der Waals surface area (Å²) in [5.74, 6) is -5.65. The number of alkyl halides is 2. The zero-order valence-corrected chi connectivity index (χ0v) is 7.05. The summed E-state index contributed by atoms with van der Waals surface area (Å²) in [5, 5.41) is 0. The third-order valence-corrected chi connectivity index (χ3v) is 3.26. The van der Waals surface area contributed by atoms with Crippen molar-refractivity contribution in [2.24, 2.45) is 11.8 Å². The lowest BCUT2D eigenvalue weighted by Gasteiger charge is -2.04. The molecule has 1 heterocycles. The highest BCUT2D eigenvalue weighted by molar-refractivity contribution is 6.12. The molecule has 0 aromatic rings. The number of hydrogen-bond donors (Lipinski definition) is 0. The van der Waals surface area contributed by atoms with Gasteiger partial charge in [-0.15, -0.1) is 0 Å². The molecule has 3 rings (SSSR count). The maximum atomic E-state index is 13.0. The third kappa shape index (κ3) is 0.755. The van der Waals surface area contributed by atoms with E-state index in [9.17, 15) is 18.4 Å². The van der Waals surface area contributed by atoms with Crippen molar-refractivity contribution < 1.29 is 23.1 Å². The van der Waals surface area contributed by atoms with Gasteiger partial charge in [0.15, 0.2) is 0 Å². The van der Waals surface area contributed by atoms with Crippen LogP contribution in [0.15, 0.2) is 11.1 Å². The molecular weight excluding hydrogens is 194 g/mol. The van der Waals surface area contributed by atoms with E-state index < -0.39 is 29.7 Å². The van der Waals surface area contributed by atoms with Crippen LogP contribution >= 0.6 is 0 Å². The van der Waals surface area contributed by atoms with Crippen molar-refractivity contribution in [3.8, 4) is 0 Å². The molecule has 0 aromatic carbocycles. The molecule has 2 unspecified atom stereocenters. The Morgan fingerprint density at radius 3 is 1.93 bits per heavy atom. The Hall–Kier alpha value is -1.26. The number of halogens is 2. The predicted molar refractivity (Wildman–Crippen MR) is 39.3 cm³/mol. The molecule has 74 valence electrons. The smallest absolute Gasteiger partial charge is 0.342 e. The maximum absolute atomic E-state index is 13.0. The molecule has 1 saturated carbocycles. The zero-order valence-electron chi connectivity index (χ0n) is 7.05. The lowest BCUT2D eigenvalue weighted by atomic mass is 9.93. The van der Waals surface area contributed by atoms with E-state index in [0.29, 0.717) is 0 Å². The highest BCUT2D eigenvalue weighted by Gasteiger charge is 2.70. The Morgan fingerprint density at radius 2 is 1.50 bits per heavy atom. The van der Waals surface area contributed by atoms with Crippen molar-refractivity contribution in [3.05, 3.63) is 11.1 Å². The fraction of sp³-hybridized carbons (Fsp3) is 0.556. The van der Waals surface area contributed by atoms with E-state index in [1.165, 1.54) is 0 Å². The summed E-state index contributed by atoms with van der Waals surface area (Å²) in [5.41, 5.74) is 0.349. The molecule has 1 fully saturated rings. The van der Waals surface area contributed by atoms with E-state index in [-0.39, 0.29) is 24.0 Å². The zero-order chi connectivity index (χ0) is 10.1. The number of cyclic esters (lactones) is 2. The number of hydrogen-bond acceptors (Lipinski definition) is 3. The van der Waals surface area contributed by atoms with Crippen LogP contribution in [0.5, 0.6) is 0 Å². The fourth-order valence-electron chi connectivity index (χ4n) is 2.32. The van der Waals surface area contributed by atoms with Gasteiger partial charge in [0.25, 0.3) is 5.92 Å². The lowest BCUT2D eigenvalue weighted by molar-refractivity contribution is -0.151. The van der Waals surface area contributed by atoms with Crippen LogP contribution in [0.2, 0.25) is 0 Å². The first-order valence-electron chi connectivity index (χ1n) is 4.38. The van der Waals surface area contributed by atoms with Crippen LogP contribution in [0.25, 0.3) is 0 Å². The third-order valence-electron chi connectivity index (χ3n) is 3.26. The normalized spacial score (nSPS) is 37.9. The van der Waals surface area contributed by atoms with Gasteiger partial charge in [0.2, 0.25) is 0 Å². The van der Waals surface area contributed by atoms with Crippen LogP contribution in [0.1, 0.15) is 12.8 Å². The second-order valence-electron chi connectivity index (χ2n) is 3.93. The number of esters is 2. The molecule has 14 heavy (non-hydrogen) atoms. The Morgan fingerprint density at radius 1 is 1.07 bits per heavy atom. The second kappa shape index (κ2) is 2.04. The summed E-state index contributed by atoms with van der Waals surface area (Å²) >= 11 is 0. The highest BCUT2D eigenvalue weighted by atomic mass is 19.3. The van der Waals surface area contributed by atoms with Crippen LogP contribution in [0, 0.1) is 11.8 Å². The van der Waals surface area contributed by atoms with Crippen LogP contribution in [0.3, 0.4) is 0 Å². The number of rotatable bonds is 0. The second-order valence-corrected chi connectivity index (χ2v) is 3.93. The number of fused-ring (bicyclic) bond motifs is 1. The van der Waals surface area contributed by atoms with Gasteiger partial charge in [0.1, 0.15) is 0 Å². The Kier molecular flexibility index (Phi) is 1.18. The van der Waals surface area contributed by atoms with Gasteiger partial charge in [-0.05, 0) is 12.8 Å². The first-order chi connectivity index (χ1) is 6.51. The first kappa shape index (κ1) is 8.08. The van der Waals surface area contributed by atoms with E-state index in [1.807, 2.05) is 0 Å². The SMILES string of the molecule is O=C1OC(=O)C2=C1CC1C(C2)C1(F)F. The molecule has 2 aliphatic carbocycles. The number of carbonyl (C=O) groups is 2. The summed E-state index contributed by atoms with van der Waals surface area (Å²) in [6.45, 7) is 0. The summed E-state index contributed by atoms with van der Waals surface area (Å²) in [4.78, 5) is 22.1. The summed E-state index contributed by atoms with van der Waals surface area (Å²) in [6, 6.07) is 0. The Labute approximate surface area is 77.7 Å². The minimum absolute atomic E-state index is 0.00241. The van der Waals surface area contributed by atoms with Crippen molar-refractivity contribution in [2.45, 2.75) is 18.8 Å². The number of ether oxygens (including phenoxy) is 1. The predicted octanol–water partition coefficient (Wildman–Crippen LogP) is 1.04. The molecule has 0 spiro atoms. The highest BCUT2D eigenvalue weighted by Crippen LogP contribution is 2.63. The van der Waals surface area contributed by atoms with E-state index in [4.69, 9.17) is 0 Å². The molecule has 0 amide bonds. The van der Waals surface area contributed by atoms with Crippen molar-refractivity contribution in [1.29, 1.82) is 0 Å². The van der Waals surface area contributed by atoms with Gasteiger partial charge in [-0.25, -0.2) is 18.4 Å². The molecule has 0 bridgehead atoms. The lowest BCUT2D eigenvalue weighted by Crippen LogP contribution is -2.04. The molecule has 0 radical (unpaired) electrons. The first-order valence-corrected chi connectivity index (χ1v) is 4.38. The van der Waals surface area contributed by atoms with Crippen LogP contribution < -0.4 is 0 Å². The molecule has 2 atom stereocenters. The average Bonchev–Trinajstić information content (AvgIpc) is 2.53. The van der Waals surface area contributed by atoms with Gasteiger partial charge in [-0.2, -0.15) is 0 Å². The largest absolute Gasteiger partial charge is 0.386 e. The molecule has 0 aromatic heterocycles. The van der Waals surface area contributed by atoms with E-state index in [1.54, 1.807) is 0 Å². The fourth-order valence-corrected chi connectivity index (χ4v) is 2.32. The van der Waals surface area contributed by atoms with E-state index >= 15 is 0 Å². The van der Waals surface area contributed by atoms with Gasteiger partial charge in [-0.1, -0.05) is 0 Å². The van der Waals surface area contributed by atoms with Gasteiger partial charge in [-0.3, -0.25) is 0 Å². The topological polar surface area (TPSA) is 43.4 Å². The summed E-state index contributed by atoms with van der Waals surface area (Å²) in [7, 11) is 0. The van der Waals surface area contributed by atoms with Crippen molar-refractivity contribution in [3.63, 3.8) is 0 Å². The molecular formula is C9H6F2O3. The quantitative estimate of drug-likeness (QED) is 0.433. The van der Waals surface area contributed by atoms with Gasteiger partial charge in [0, 0.05) is 23.0 Å². The van der Waals surface area contributed by atoms with Crippen molar-refractivity contribution in [2.75, 3.05) is 0 Å². The summed E-state index contributed by atoms with van der Waals surface area (Å²) < 4.78 is 30.3. The Bertz CT molecular complexity index is 363. The van der Waals surface area contributed by atoms with E-state index in [2.05, 4.69) is 4.74 Å². The molecule has 3 aliphatic rings. The van der Waals surface area contributed by atoms with Gasteiger partial charge in [0.05, 0.1) is 0 Å². The monoisotopic (exact) mass is 200 g/mol. The minimum Gasteiger partial charge on any atom is -0.386 e. The van der Waals surface area contributed by atoms with Crippen molar-refractivity contribution in [1.82, 2.24) is 0 Å². The van der Waals surface area contributed by atoms with Crippen molar-refractivity contribution >= 4 is 11.9 Å². The maximum Gasteiger partial charge on any atom is 0.342 e. The Balaban J connectivity index is 1.97. The average molecular weight is 200 g/mol. The number of carbonyl (C=O) groups excluding carboxylic acids is 2. The molecule has 5 heteroatoms. The minimum atomic E-state index is -2.69. The van der Waals surface area contributed by atoms with E-state index in [0.717, 1.165) is 0 Å². The molecule has 1 aliphatic heterocycles. The molecule has 3 nitrogen and oxygen atoms in total. The standard InChI is InChI=1S/C9H6F2O3/c10-9(11)5-1-3-4(2-6(5)9)8(13)14-7(3)12/h5-6H,1-2H2. The molecule has 0 N–H and O–H groups in total. The van der Waals surface area contributed by atoms with Gasteiger partial charge < -0.3 is 4.74 Å².